The van der Waals surface area contributed by atoms with E-state index in [0.717, 1.165) is 0 Å². The largest absolute Gasteiger partial charge is 0.471 e. The highest BCUT2D eigenvalue weighted by Crippen LogP contribution is 2.17. The fourth-order valence-corrected chi connectivity index (χ4v) is 2.11. The Hall–Kier alpha value is -2.80. The molecular weight excluding hydrogens is 318 g/mol. The number of hydrogen-bond donors (Lipinski definition) is 1. The fourth-order valence-electron chi connectivity index (χ4n) is 1.93. The molecular formula is C15H14ClN5O2. The molecule has 3 rings (SSSR count). The summed E-state index contributed by atoms with van der Waals surface area (Å²) in [6, 6.07) is 8.74. The lowest BCUT2D eigenvalue weighted by Crippen LogP contribution is -2.12. The van der Waals surface area contributed by atoms with E-state index in [-0.39, 0.29) is 12.6 Å². The van der Waals surface area contributed by atoms with Gasteiger partial charge in [-0.3, -0.25) is 9.48 Å². The number of amides is 1. The number of ether oxygens (including phenoxy) is 1. The van der Waals surface area contributed by atoms with Crippen molar-refractivity contribution in [2.45, 2.75) is 6.73 Å². The molecule has 1 amide bonds. The van der Waals surface area contributed by atoms with E-state index < -0.39 is 0 Å². The summed E-state index contributed by atoms with van der Waals surface area (Å²) in [5.41, 5.74) is 0.908. The first kappa shape index (κ1) is 15.1. The third kappa shape index (κ3) is 3.89. The van der Waals surface area contributed by atoms with Gasteiger partial charge in [-0.15, -0.1) is 0 Å². The first-order chi connectivity index (χ1) is 11.1. The quantitative estimate of drug-likeness (QED) is 0.779. The molecule has 8 heteroatoms. The number of carbonyl (C=O) groups excluding carboxylic acids is 1. The minimum atomic E-state index is -0.291. The van der Waals surface area contributed by atoms with Crippen molar-refractivity contribution in [3.05, 3.63) is 59.6 Å². The van der Waals surface area contributed by atoms with Gasteiger partial charge in [0, 0.05) is 18.3 Å². The number of aromatic nitrogens is 4. The minimum absolute atomic E-state index is 0.208. The smallest absolute Gasteiger partial charge is 0.276 e. The summed E-state index contributed by atoms with van der Waals surface area (Å²) in [6.07, 6.45) is 4.92. The van der Waals surface area contributed by atoms with Crippen molar-refractivity contribution in [3.63, 3.8) is 0 Å². The molecule has 0 bridgehead atoms. The molecule has 3 aromatic rings. The number of nitrogens with zero attached hydrogens (tertiary/aromatic N) is 4. The lowest BCUT2D eigenvalue weighted by Gasteiger charge is -2.06. The molecule has 0 aliphatic heterocycles. The first-order valence-electron chi connectivity index (χ1n) is 6.82. The Morgan fingerprint density at radius 3 is 3.00 bits per heavy atom. The predicted octanol–water partition coefficient (Wildman–Crippen LogP) is 2.56. The summed E-state index contributed by atoms with van der Waals surface area (Å²) in [5.74, 6) is 0.355. The maximum absolute atomic E-state index is 12.0. The van der Waals surface area contributed by atoms with Crippen molar-refractivity contribution in [2.75, 3.05) is 5.32 Å². The van der Waals surface area contributed by atoms with Crippen molar-refractivity contribution in [3.8, 4) is 5.75 Å². The van der Waals surface area contributed by atoms with E-state index in [1.54, 1.807) is 65.3 Å². The van der Waals surface area contributed by atoms with Crippen LogP contribution in [0.5, 0.6) is 5.75 Å². The number of anilines is 1. The lowest BCUT2D eigenvalue weighted by molar-refractivity contribution is 0.102. The highest BCUT2D eigenvalue weighted by Gasteiger charge is 2.10. The number of hydrogen-bond acceptors (Lipinski definition) is 4. The summed E-state index contributed by atoms with van der Waals surface area (Å²) in [6.45, 7) is 0.208. The SMILES string of the molecule is Cn1ccc(C(=O)Nc2cnn(COc3cccc(Cl)c3)c2)n1. The van der Waals surface area contributed by atoms with Gasteiger partial charge in [-0.1, -0.05) is 17.7 Å². The van der Waals surface area contributed by atoms with Crippen LogP contribution in [0, 0.1) is 0 Å². The molecule has 2 aromatic heterocycles. The number of halogens is 1. The van der Waals surface area contributed by atoms with Gasteiger partial charge < -0.3 is 10.1 Å². The summed E-state index contributed by atoms with van der Waals surface area (Å²) >= 11 is 5.89. The molecule has 0 saturated carbocycles. The molecule has 1 N–H and O–H groups in total. The van der Waals surface area contributed by atoms with Crippen LogP contribution in [0.25, 0.3) is 0 Å². The van der Waals surface area contributed by atoms with Crippen LogP contribution in [0.4, 0.5) is 5.69 Å². The highest BCUT2D eigenvalue weighted by atomic mass is 35.5. The second-order valence-corrected chi connectivity index (χ2v) is 5.26. The molecule has 0 atom stereocenters. The van der Waals surface area contributed by atoms with Crippen molar-refractivity contribution in [1.29, 1.82) is 0 Å². The molecule has 0 saturated heterocycles. The zero-order valence-corrected chi connectivity index (χ0v) is 13.1. The molecule has 2 heterocycles. The maximum atomic E-state index is 12.0. The molecule has 0 radical (unpaired) electrons. The third-order valence-corrected chi connectivity index (χ3v) is 3.23. The lowest BCUT2D eigenvalue weighted by atomic mass is 10.3. The van der Waals surface area contributed by atoms with Crippen LogP contribution in [0.15, 0.2) is 48.9 Å². The monoisotopic (exact) mass is 331 g/mol. The molecule has 0 aliphatic carbocycles. The van der Waals surface area contributed by atoms with Gasteiger partial charge in [0.2, 0.25) is 0 Å². The Balaban J connectivity index is 1.58. The second-order valence-electron chi connectivity index (χ2n) is 4.83. The molecule has 0 unspecified atom stereocenters. The van der Waals surface area contributed by atoms with Crippen LogP contribution < -0.4 is 10.1 Å². The van der Waals surface area contributed by atoms with Gasteiger partial charge in [-0.05, 0) is 24.3 Å². The van der Waals surface area contributed by atoms with Crippen LogP contribution >= 0.6 is 11.6 Å². The number of benzene rings is 1. The number of aryl methyl sites for hydroxylation is 1. The molecule has 0 aliphatic rings. The van der Waals surface area contributed by atoms with Gasteiger partial charge in [-0.25, -0.2) is 4.68 Å². The highest BCUT2D eigenvalue weighted by molar-refractivity contribution is 6.30. The summed E-state index contributed by atoms with van der Waals surface area (Å²) in [7, 11) is 1.75. The number of nitrogens with one attached hydrogen (secondary N) is 1. The average molecular weight is 332 g/mol. The van der Waals surface area contributed by atoms with E-state index in [0.29, 0.717) is 22.2 Å². The Bertz CT molecular complexity index is 827. The summed E-state index contributed by atoms with van der Waals surface area (Å²) in [4.78, 5) is 12.0. The predicted molar refractivity (Wildman–Crippen MR) is 85.5 cm³/mol. The number of carbonyl (C=O) groups is 1. The van der Waals surface area contributed by atoms with Gasteiger partial charge >= 0.3 is 0 Å². The fraction of sp³-hybridized carbons (Fsp3) is 0.133. The summed E-state index contributed by atoms with van der Waals surface area (Å²) < 4.78 is 8.70. The van der Waals surface area contributed by atoms with Crippen molar-refractivity contribution in [1.82, 2.24) is 19.6 Å². The third-order valence-electron chi connectivity index (χ3n) is 3.00. The normalized spacial score (nSPS) is 10.5. The Morgan fingerprint density at radius 1 is 1.39 bits per heavy atom. The number of rotatable bonds is 5. The Morgan fingerprint density at radius 2 is 2.26 bits per heavy atom. The average Bonchev–Trinajstić information content (AvgIpc) is 3.14. The van der Waals surface area contributed by atoms with E-state index in [1.165, 1.54) is 0 Å². The molecule has 1 aromatic carbocycles. The van der Waals surface area contributed by atoms with Gasteiger partial charge in [0.1, 0.15) is 5.75 Å². The Labute approximate surface area is 137 Å². The zero-order chi connectivity index (χ0) is 16.2. The molecule has 0 fully saturated rings. The van der Waals surface area contributed by atoms with E-state index in [9.17, 15) is 4.79 Å². The van der Waals surface area contributed by atoms with Gasteiger partial charge in [0.25, 0.3) is 5.91 Å². The van der Waals surface area contributed by atoms with Gasteiger partial charge in [-0.2, -0.15) is 10.2 Å². The van der Waals surface area contributed by atoms with Crippen molar-refractivity contribution >= 4 is 23.2 Å². The topological polar surface area (TPSA) is 74.0 Å². The second kappa shape index (κ2) is 6.53. The van der Waals surface area contributed by atoms with Crippen LogP contribution in [-0.2, 0) is 13.8 Å². The van der Waals surface area contributed by atoms with Crippen LogP contribution in [-0.4, -0.2) is 25.5 Å². The molecule has 118 valence electrons. The van der Waals surface area contributed by atoms with E-state index in [2.05, 4.69) is 15.5 Å². The van der Waals surface area contributed by atoms with E-state index in [1.807, 2.05) is 0 Å². The van der Waals surface area contributed by atoms with Gasteiger partial charge in [0.15, 0.2) is 12.4 Å². The van der Waals surface area contributed by atoms with Crippen molar-refractivity contribution < 1.29 is 9.53 Å². The van der Waals surface area contributed by atoms with Crippen LogP contribution in [0.2, 0.25) is 5.02 Å². The van der Waals surface area contributed by atoms with Crippen molar-refractivity contribution in [2.24, 2.45) is 7.05 Å². The zero-order valence-electron chi connectivity index (χ0n) is 12.3. The minimum Gasteiger partial charge on any atom is -0.471 e. The molecule has 23 heavy (non-hydrogen) atoms. The van der Waals surface area contributed by atoms with Gasteiger partial charge in [0.05, 0.1) is 18.1 Å². The molecule has 0 spiro atoms. The maximum Gasteiger partial charge on any atom is 0.276 e. The van der Waals surface area contributed by atoms with E-state index >= 15 is 0 Å². The standard InChI is InChI=1S/C15H14ClN5O2/c1-20-6-5-14(19-20)15(22)18-12-8-17-21(9-12)10-23-13-4-2-3-11(16)7-13/h2-9H,10H2,1H3,(H,18,22). The first-order valence-corrected chi connectivity index (χ1v) is 7.20. The van der Waals surface area contributed by atoms with E-state index in [4.69, 9.17) is 16.3 Å². The van der Waals surface area contributed by atoms with Crippen LogP contribution in [0.3, 0.4) is 0 Å². The molecule has 7 nitrogen and oxygen atoms in total. The summed E-state index contributed by atoms with van der Waals surface area (Å²) in [5, 5.41) is 11.5. The van der Waals surface area contributed by atoms with Crippen LogP contribution in [0.1, 0.15) is 10.5 Å². The Kier molecular flexibility index (Phi) is 4.29.